The molecule has 0 aliphatic heterocycles. The lowest BCUT2D eigenvalue weighted by Crippen LogP contribution is -2.12. The van der Waals surface area contributed by atoms with Gasteiger partial charge in [-0.1, -0.05) is 13.8 Å². The summed E-state index contributed by atoms with van der Waals surface area (Å²) in [6.45, 7) is 7.68. The van der Waals surface area contributed by atoms with Crippen molar-refractivity contribution in [2.75, 3.05) is 11.5 Å². The number of Topliss-reactive ketones (excluding diaryl/α,β-unsaturated/α-hetero) is 1. The number of aryl methyl sites for hydroxylation is 2. The number of hydrogen-bond acceptors (Lipinski definition) is 4. The maximum absolute atomic E-state index is 11.8. The summed E-state index contributed by atoms with van der Waals surface area (Å²) in [5, 5.41) is 4.33. The Morgan fingerprint density at radius 3 is 2.42 bits per heavy atom. The fraction of sp³-hybridized carbons (Fsp3) is 0.692. The standard InChI is InChI=1S/C13H22N2O3S/c1-5-12(16)13-10(3)14-15(11(13)4)8-7-9-19(17,18)6-2/h5-9H2,1-4H3. The first kappa shape index (κ1) is 15.9. The van der Waals surface area contributed by atoms with Gasteiger partial charge in [0.15, 0.2) is 5.78 Å². The van der Waals surface area contributed by atoms with Gasteiger partial charge in [-0.2, -0.15) is 5.10 Å². The van der Waals surface area contributed by atoms with Crippen molar-refractivity contribution < 1.29 is 13.2 Å². The van der Waals surface area contributed by atoms with E-state index in [1.165, 1.54) is 0 Å². The Balaban J connectivity index is 2.79. The number of aromatic nitrogens is 2. The summed E-state index contributed by atoms with van der Waals surface area (Å²) in [5.41, 5.74) is 2.24. The first-order chi connectivity index (χ1) is 8.82. The van der Waals surface area contributed by atoms with Crippen LogP contribution in [0.2, 0.25) is 0 Å². The molecule has 1 heterocycles. The van der Waals surface area contributed by atoms with E-state index in [0.29, 0.717) is 24.9 Å². The normalized spacial score (nSPS) is 11.8. The average Bonchev–Trinajstić information content (AvgIpc) is 2.64. The van der Waals surface area contributed by atoms with Gasteiger partial charge in [0.1, 0.15) is 9.84 Å². The SMILES string of the molecule is CCC(=O)c1c(C)nn(CCCS(=O)(=O)CC)c1C. The van der Waals surface area contributed by atoms with Crippen LogP contribution in [0.5, 0.6) is 0 Å². The van der Waals surface area contributed by atoms with Crippen molar-refractivity contribution in [1.29, 1.82) is 0 Å². The highest BCUT2D eigenvalue weighted by Crippen LogP contribution is 2.15. The molecule has 0 N–H and O–H groups in total. The van der Waals surface area contributed by atoms with Crippen LogP contribution in [0.15, 0.2) is 0 Å². The van der Waals surface area contributed by atoms with Crippen LogP contribution in [-0.4, -0.2) is 35.5 Å². The van der Waals surface area contributed by atoms with E-state index in [0.717, 1.165) is 11.4 Å². The lowest BCUT2D eigenvalue weighted by molar-refractivity contribution is 0.0987. The van der Waals surface area contributed by atoms with Gasteiger partial charge in [0.25, 0.3) is 0 Å². The topological polar surface area (TPSA) is 69.0 Å². The Bertz CT molecular complexity index is 559. The van der Waals surface area contributed by atoms with Crippen molar-refractivity contribution in [3.8, 4) is 0 Å². The summed E-state index contributed by atoms with van der Waals surface area (Å²) in [5.74, 6) is 0.421. The molecule has 5 nitrogen and oxygen atoms in total. The molecule has 1 rings (SSSR count). The molecule has 0 saturated heterocycles. The number of nitrogens with zero attached hydrogens (tertiary/aromatic N) is 2. The average molecular weight is 286 g/mol. The van der Waals surface area contributed by atoms with Crippen LogP contribution < -0.4 is 0 Å². The first-order valence-electron chi connectivity index (χ1n) is 6.60. The largest absolute Gasteiger partial charge is 0.294 e. The monoisotopic (exact) mass is 286 g/mol. The molecule has 0 atom stereocenters. The van der Waals surface area contributed by atoms with Gasteiger partial charge in [0, 0.05) is 24.4 Å². The zero-order valence-corrected chi connectivity index (χ0v) is 12.9. The molecule has 0 aliphatic rings. The van der Waals surface area contributed by atoms with Crippen LogP contribution in [-0.2, 0) is 16.4 Å². The molecule has 0 radical (unpaired) electrons. The summed E-state index contributed by atoms with van der Waals surface area (Å²) < 4.78 is 24.6. The fourth-order valence-electron chi connectivity index (χ4n) is 2.07. The second-order valence-electron chi connectivity index (χ2n) is 4.64. The first-order valence-corrected chi connectivity index (χ1v) is 8.42. The zero-order chi connectivity index (χ0) is 14.6. The van der Waals surface area contributed by atoms with Gasteiger partial charge in [-0.15, -0.1) is 0 Å². The van der Waals surface area contributed by atoms with Crippen molar-refractivity contribution in [3.05, 3.63) is 17.0 Å². The van der Waals surface area contributed by atoms with E-state index in [1.54, 1.807) is 11.6 Å². The van der Waals surface area contributed by atoms with Crippen molar-refractivity contribution >= 4 is 15.6 Å². The molecule has 0 saturated carbocycles. The number of carbonyl (C=O) groups is 1. The molecule has 0 fully saturated rings. The summed E-state index contributed by atoms with van der Waals surface area (Å²) in [7, 11) is -2.93. The highest BCUT2D eigenvalue weighted by Gasteiger charge is 2.17. The number of hydrogen-bond donors (Lipinski definition) is 0. The molecule has 19 heavy (non-hydrogen) atoms. The molecule has 0 unspecified atom stereocenters. The van der Waals surface area contributed by atoms with Crippen molar-refractivity contribution in [3.63, 3.8) is 0 Å². The lowest BCUT2D eigenvalue weighted by atomic mass is 10.1. The van der Waals surface area contributed by atoms with Gasteiger partial charge < -0.3 is 0 Å². The maximum Gasteiger partial charge on any atom is 0.166 e. The van der Waals surface area contributed by atoms with Crippen LogP contribution in [0.4, 0.5) is 0 Å². The minimum atomic E-state index is -2.93. The number of carbonyl (C=O) groups excluding carboxylic acids is 1. The highest BCUT2D eigenvalue weighted by atomic mass is 32.2. The third kappa shape index (κ3) is 3.89. The Hall–Kier alpha value is -1.17. The van der Waals surface area contributed by atoms with Gasteiger partial charge >= 0.3 is 0 Å². The Morgan fingerprint density at radius 1 is 1.26 bits per heavy atom. The molecular weight excluding hydrogens is 264 g/mol. The van der Waals surface area contributed by atoms with Crippen LogP contribution >= 0.6 is 0 Å². The minimum absolute atomic E-state index is 0.0856. The van der Waals surface area contributed by atoms with Crippen LogP contribution in [0.3, 0.4) is 0 Å². The number of sulfone groups is 1. The van der Waals surface area contributed by atoms with Crippen molar-refractivity contribution in [2.24, 2.45) is 0 Å². The molecular formula is C13H22N2O3S. The van der Waals surface area contributed by atoms with E-state index in [4.69, 9.17) is 0 Å². The summed E-state index contributed by atoms with van der Waals surface area (Å²) >= 11 is 0. The zero-order valence-electron chi connectivity index (χ0n) is 12.1. The van der Waals surface area contributed by atoms with Gasteiger partial charge in [0.05, 0.1) is 17.0 Å². The molecule has 108 valence electrons. The fourth-order valence-corrected chi connectivity index (χ4v) is 2.93. The van der Waals surface area contributed by atoms with Crippen molar-refractivity contribution in [2.45, 2.75) is 47.1 Å². The molecule has 0 aromatic carbocycles. The smallest absolute Gasteiger partial charge is 0.166 e. The third-order valence-electron chi connectivity index (χ3n) is 3.25. The molecule has 0 bridgehead atoms. The molecule has 1 aromatic rings. The predicted octanol–water partition coefficient (Wildman–Crippen LogP) is 1.92. The van der Waals surface area contributed by atoms with Gasteiger partial charge in [0.2, 0.25) is 0 Å². The van der Waals surface area contributed by atoms with Crippen LogP contribution in [0.1, 0.15) is 48.4 Å². The second-order valence-corrected chi connectivity index (χ2v) is 7.11. The van der Waals surface area contributed by atoms with E-state index in [1.807, 2.05) is 20.8 Å². The van der Waals surface area contributed by atoms with E-state index < -0.39 is 9.84 Å². The van der Waals surface area contributed by atoms with Gasteiger partial charge in [-0.05, 0) is 20.3 Å². The summed E-state index contributed by atoms with van der Waals surface area (Å²) in [6.07, 6.45) is 0.982. The Morgan fingerprint density at radius 2 is 1.89 bits per heavy atom. The second kappa shape index (κ2) is 6.32. The van der Waals surface area contributed by atoms with E-state index >= 15 is 0 Å². The molecule has 0 spiro atoms. The predicted molar refractivity (Wildman–Crippen MR) is 75.3 cm³/mol. The van der Waals surface area contributed by atoms with Crippen LogP contribution in [0.25, 0.3) is 0 Å². The molecule has 0 amide bonds. The number of ketones is 1. The summed E-state index contributed by atoms with van der Waals surface area (Å²) in [6, 6.07) is 0. The Labute approximate surface area is 114 Å². The minimum Gasteiger partial charge on any atom is -0.294 e. The molecule has 6 heteroatoms. The third-order valence-corrected chi connectivity index (χ3v) is 5.04. The molecule has 0 aliphatic carbocycles. The lowest BCUT2D eigenvalue weighted by Gasteiger charge is -2.05. The quantitative estimate of drug-likeness (QED) is 0.718. The molecule has 1 aromatic heterocycles. The van der Waals surface area contributed by atoms with E-state index in [2.05, 4.69) is 5.10 Å². The maximum atomic E-state index is 11.8. The van der Waals surface area contributed by atoms with Gasteiger partial charge in [-0.25, -0.2) is 8.42 Å². The van der Waals surface area contributed by atoms with E-state index in [9.17, 15) is 13.2 Å². The van der Waals surface area contributed by atoms with E-state index in [-0.39, 0.29) is 17.3 Å². The van der Waals surface area contributed by atoms with Gasteiger partial charge in [-0.3, -0.25) is 9.48 Å². The van der Waals surface area contributed by atoms with Crippen LogP contribution in [0, 0.1) is 13.8 Å². The Kier molecular flexibility index (Phi) is 5.29. The van der Waals surface area contributed by atoms with Crippen molar-refractivity contribution in [1.82, 2.24) is 9.78 Å². The highest BCUT2D eigenvalue weighted by molar-refractivity contribution is 7.91. The number of rotatable bonds is 7. The summed E-state index contributed by atoms with van der Waals surface area (Å²) in [4.78, 5) is 11.8.